The number of thiol groups is 2. The van der Waals surface area contributed by atoms with Crippen LogP contribution in [0.15, 0.2) is 0 Å². The normalized spacial score (nSPS) is 11.2. The van der Waals surface area contributed by atoms with Gasteiger partial charge in [0.1, 0.15) is 0 Å². The highest BCUT2D eigenvalue weighted by Crippen LogP contribution is 2.14. The fraction of sp³-hybridized carbons (Fsp3) is 1.00. The molecule has 98 valence electrons. The minimum absolute atomic E-state index is 0.238. The van der Waals surface area contributed by atoms with E-state index >= 15 is 0 Å². The van der Waals surface area contributed by atoms with Crippen LogP contribution in [0.25, 0.3) is 0 Å². The van der Waals surface area contributed by atoms with Gasteiger partial charge < -0.3 is 0 Å². The molecule has 0 aliphatic rings. The Hall–Kier alpha value is 2.10. The van der Waals surface area contributed by atoms with Crippen LogP contribution in [0.3, 0.4) is 0 Å². The monoisotopic (exact) mass is 334 g/mol. The maximum atomic E-state index is 4.23. The molecule has 0 N–H and O–H groups in total. The summed E-state index contributed by atoms with van der Waals surface area (Å²) in [4.78, 5) is 0. The van der Waals surface area contributed by atoms with Crippen LogP contribution in [0.2, 0.25) is 0 Å². The van der Waals surface area contributed by atoms with Gasteiger partial charge in [0, 0.05) is 40.3 Å². The standard InChI is InChI=1S/C10H22S6/c1-2-13-3-4-14-5-6-15-7-8-16-9-10(11)12/h10-12H,2-9H2,1H3. The van der Waals surface area contributed by atoms with Crippen molar-refractivity contribution >= 4 is 72.3 Å². The first-order valence-corrected chi connectivity index (χ1v) is 11.1. The molecule has 0 heterocycles. The Balaban J connectivity index is 2.88. The summed E-state index contributed by atoms with van der Waals surface area (Å²) in [6, 6.07) is 0. The van der Waals surface area contributed by atoms with E-state index in [1.54, 1.807) is 0 Å². The summed E-state index contributed by atoms with van der Waals surface area (Å²) >= 11 is 16.6. The Morgan fingerprint density at radius 1 is 0.750 bits per heavy atom. The highest BCUT2D eigenvalue weighted by atomic mass is 32.2. The summed E-state index contributed by atoms with van der Waals surface area (Å²) in [5.74, 6) is 10.0. The van der Waals surface area contributed by atoms with Crippen LogP contribution in [0, 0.1) is 0 Å². The van der Waals surface area contributed by atoms with Crippen molar-refractivity contribution in [3.63, 3.8) is 0 Å². The lowest BCUT2D eigenvalue weighted by molar-refractivity contribution is 1.43. The maximum absolute atomic E-state index is 4.23. The molecule has 0 radical (unpaired) electrons. The van der Waals surface area contributed by atoms with Gasteiger partial charge in [0.2, 0.25) is 0 Å². The van der Waals surface area contributed by atoms with Crippen LogP contribution in [0.5, 0.6) is 0 Å². The Morgan fingerprint density at radius 2 is 1.19 bits per heavy atom. The van der Waals surface area contributed by atoms with Gasteiger partial charge in [-0.25, -0.2) is 0 Å². The zero-order valence-corrected chi connectivity index (χ0v) is 14.8. The first-order valence-electron chi connectivity index (χ1n) is 5.44. The number of hydrogen-bond donors (Lipinski definition) is 2. The van der Waals surface area contributed by atoms with Crippen LogP contribution in [-0.2, 0) is 0 Å². The largest absolute Gasteiger partial charge is 0.164 e. The zero-order chi connectivity index (χ0) is 12.1. The molecule has 0 rings (SSSR count). The van der Waals surface area contributed by atoms with Gasteiger partial charge in [-0.15, -0.1) is 0 Å². The molecule has 0 amide bonds. The summed E-state index contributed by atoms with van der Waals surface area (Å²) in [7, 11) is 0. The van der Waals surface area contributed by atoms with Gasteiger partial charge in [0.05, 0.1) is 4.58 Å². The van der Waals surface area contributed by atoms with Crippen molar-refractivity contribution < 1.29 is 0 Å². The predicted molar refractivity (Wildman–Crippen MR) is 96.7 cm³/mol. The van der Waals surface area contributed by atoms with Crippen molar-refractivity contribution in [1.82, 2.24) is 0 Å². The highest BCUT2D eigenvalue weighted by molar-refractivity contribution is 8.06. The molecule has 0 aliphatic heterocycles. The molecule has 0 aliphatic carbocycles. The second-order valence-corrected chi connectivity index (χ2v) is 9.62. The van der Waals surface area contributed by atoms with Gasteiger partial charge in [-0.05, 0) is 5.75 Å². The Morgan fingerprint density at radius 3 is 1.62 bits per heavy atom. The SMILES string of the molecule is CCSCCSCCSCCSCC(S)S. The Bertz CT molecular complexity index is 130. The molecule has 0 spiro atoms. The van der Waals surface area contributed by atoms with E-state index in [9.17, 15) is 0 Å². The first kappa shape index (κ1) is 18.1. The predicted octanol–water partition coefficient (Wildman–Crippen LogP) is 4.12. The lowest BCUT2D eigenvalue weighted by Crippen LogP contribution is -1.96. The van der Waals surface area contributed by atoms with Crippen molar-refractivity contribution in [2.75, 3.05) is 46.0 Å². The van der Waals surface area contributed by atoms with E-state index in [0.717, 1.165) is 5.75 Å². The zero-order valence-electron chi connectivity index (χ0n) is 9.76. The van der Waals surface area contributed by atoms with Crippen molar-refractivity contribution in [2.24, 2.45) is 0 Å². The Labute approximate surface area is 129 Å². The topological polar surface area (TPSA) is 0 Å². The van der Waals surface area contributed by atoms with Crippen molar-refractivity contribution in [2.45, 2.75) is 11.5 Å². The molecule has 0 nitrogen and oxygen atoms in total. The lowest BCUT2D eigenvalue weighted by Gasteiger charge is -2.04. The van der Waals surface area contributed by atoms with Crippen LogP contribution < -0.4 is 0 Å². The van der Waals surface area contributed by atoms with Gasteiger partial charge in [-0.3, -0.25) is 0 Å². The van der Waals surface area contributed by atoms with E-state index in [2.05, 4.69) is 55.7 Å². The third kappa shape index (κ3) is 16.1. The molecular formula is C10H22S6. The molecule has 0 saturated heterocycles. The van der Waals surface area contributed by atoms with Crippen LogP contribution in [0.1, 0.15) is 6.92 Å². The molecule has 0 atom stereocenters. The van der Waals surface area contributed by atoms with Crippen molar-refractivity contribution in [1.29, 1.82) is 0 Å². The second-order valence-electron chi connectivity index (χ2n) is 2.98. The number of rotatable bonds is 12. The van der Waals surface area contributed by atoms with Gasteiger partial charge in [0.15, 0.2) is 0 Å². The Kier molecular flexibility index (Phi) is 17.1. The highest BCUT2D eigenvalue weighted by Gasteiger charge is 1.96. The number of hydrogen-bond acceptors (Lipinski definition) is 6. The molecule has 0 saturated carbocycles. The van der Waals surface area contributed by atoms with Gasteiger partial charge in [0.25, 0.3) is 0 Å². The summed E-state index contributed by atoms with van der Waals surface area (Å²) in [6.45, 7) is 2.23. The van der Waals surface area contributed by atoms with Crippen molar-refractivity contribution in [3.05, 3.63) is 0 Å². The summed E-state index contributed by atoms with van der Waals surface area (Å²) in [5.41, 5.74) is 0. The van der Waals surface area contributed by atoms with Gasteiger partial charge in [-0.1, -0.05) is 6.92 Å². The van der Waals surface area contributed by atoms with Crippen molar-refractivity contribution in [3.8, 4) is 0 Å². The van der Waals surface area contributed by atoms with Crippen LogP contribution in [-0.4, -0.2) is 50.6 Å². The molecule has 16 heavy (non-hydrogen) atoms. The summed E-state index contributed by atoms with van der Waals surface area (Å²) < 4.78 is 0.238. The molecule has 0 fully saturated rings. The summed E-state index contributed by atoms with van der Waals surface area (Å²) in [5, 5.41) is 0. The lowest BCUT2D eigenvalue weighted by atomic mass is 10.9. The summed E-state index contributed by atoms with van der Waals surface area (Å²) in [6.07, 6.45) is 0. The smallest absolute Gasteiger partial charge is 0.0532 e. The van der Waals surface area contributed by atoms with E-state index in [4.69, 9.17) is 0 Å². The molecule has 0 unspecified atom stereocenters. The minimum atomic E-state index is 0.238. The van der Waals surface area contributed by atoms with E-state index in [-0.39, 0.29) is 4.58 Å². The fourth-order valence-corrected chi connectivity index (χ4v) is 5.43. The molecule has 0 aromatic rings. The minimum Gasteiger partial charge on any atom is -0.164 e. The van der Waals surface area contributed by atoms with E-state index in [1.807, 2.05) is 23.5 Å². The van der Waals surface area contributed by atoms with Crippen LogP contribution in [0.4, 0.5) is 0 Å². The molecule has 0 aromatic heterocycles. The quantitative estimate of drug-likeness (QED) is 0.313. The first-order chi connectivity index (χ1) is 7.77. The van der Waals surface area contributed by atoms with E-state index in [1.165, 1.54) is 40.3 Å². The van der Waals surface area contributed by atoms with Crippen LogP contribution >= 0.6 is 72.3 Å². The number of thioether (sulfide) groups is 4. The molecule has 0 aromatic carbocycles. The van der Waals surface area contributed by atoms with Gasteiger partial charge in [-0.2, -0.15) is 72.3 Å². The van der Waals surface area contributed by atoms with E-state index < -0.39 is 0 Å². The molecule has 0 bridgehead atoms. The van der Waals surface area contributed by atoms with Gasteiger partial charge >= 0.3 is 0 Å². The maximum Gasteiger partial charge on any atom is 0.0532 e. The molecular weight excluding hydrogens is 313 g/mol. The van der Waals surface area contributed by atoms with E-state index in [0.29, 0.717) is 0 Å². The fourth-order valence-electron chi connectivity index (χ4n) is 0.891. The third-order valence-corrected chi connectivity index (χ3v) is 7.16. The second kappa shape index (κ2) is 15.2. The average Bonchev–Trinajstić information content (AvgIpc) is 2.25. The molecule has 6 heteroatoms. The average molecular weight is 335 g/mol. The third-order valence-electron chi connectivity index (χ3n) is 1.59.